The van der Waals surface area contributed by atoms with Crippen molar-refractivity contribution in [3.05, 3.63) is 0 Å². The maximum atomic E-state index is 5.70. The molecule has 0 aliphatic rings. The molecule has 0 saturated heterocycles. The lowest BCUT2D eigenvalue weighted by Crippen LogP contribution is -2.37. The second-order valence-corrected chi connectivity index (χ2v) is 8.17. The van der Waals surface area contributed by atoms with Crippen LogP contribution in [-0.4, -0.2) is 12.7 Å². The highest BCUT2D eigenvalue weighted by Gasteiger charge is 2.39. The predicted octanol–water partition coefficient (Wildman–Crippen LogP) is 5.29. The summed E-state index contributed by atoms with van der Waals surface area (Å²) in [5, 5.41) is 0. The van der Waals surface area contributed by atoms with Crippen molar-refractivity contribution in [1.82, 2.24) is 0 Å². The van der Waals surface area contributed by atoms with Crippen LogP contribution >= 0.6 is 0 Å². The third kappa shape index (κ3) is 6.45. The molecule has 0 atom stereocenters. The van der Waals surface area contributed by atoms with Gasteiger partial charge in [0.05, 0.1) is 6.10 Å². The molecule has 0 spiro atoms. The molecule has 0 radical (unpaired) electrons. The van der Waals surface area contributed by atoms with E-state index in [2.05, 4.69) is 62.3 Å². The molecule has 104 valence electrons. The largest absolute Gasteiger partial charge is 0.379 e. The standard InChI is InChI=1S/C16H34O/c1-13(2)17-11-10-15(6,7)16(8,9)12-14(3,4)5/h13H,10-12H2,1-9H3. The predicted molar refractivity (Wildman–Crippen MR) is 77.3 cm³/mol. The van der Waals surface area contributed by atoms with Crippen LogP contribution in [0.5, 0.6) is 0 Å². The third-order valence-electron chi connectivity index (χ3n) is 3.98. The first kappa shape index (κ1) is 17.0. The summed E-state index contributed by atoms with van der Waals surface area (Å²) in [5.41, 5.74) is 1.04. The van der Waals surface area contributed by atoms with Gasteiger partial charge in [-0.25, -0.2) is 0 Å². The molecule has 0 aromatic carbocycles. The van der Waals surface area contributed by atoms with Gasteiger partial charge in [-0.05, 0) is 42.9 Å². The van der Waals surface area contributed by atoms with E-state index in [-0.39, 0.29) is 0 Å². The van der Waals surface area contributed by atoms with Crippen molar-refractivity contribution in [1.29, 1.82) is 0 Å². The molecule has 0 saturated carbocycles. The van der Waals surface area contributed by atoms with Crippen LogP contribution in [0.4, 0.5) is 0 Å². The van der Waals surface area contributed by atoms with Crippen LogP contribution in [0.15, 0.2) is 0 Å². The van der Waals surface area contributed by atoms with Gasteiger partial charge in [0.2, 0.25) is 0 Å². The Morgan fingerprint density at radius 2 is 1.29 bits per heavy atom. The summed E-state index contributed by atoms with van der Waals surface area (Å²) in [6.45, 7) is 21.6. The van der Waals surface area contributed by atoms with Crippen LogP contribution in [0.25, 0.3) is 0 Å². The quantitative estimate of drug-likeness (QED) is 0.615. The van der Waals surface area contributed by atoms with Gasteiger partial charge < -0.3 is 4.74 Å². The lowest BCUT2D eigenvalue weighted by atomic mass is 9.60. The molecular weight excluding hydrogens is 208 g/mol. The fourth-order valence-electron chi connectivity index (χ4n) is 2.45. The minimum Gasteiger partial charge on any atom is -0.379 e. The molecule has 0 aliphatic heterocycles. The molecule has 17 heavy (non-hydrogen) atoms. The first-order valence-electron chi connectivity index (χ1n) is 6.99. The summed E-state index contributed by atoms with van der Waals surface area (Å²) in [4.78, 5) is 0. The second-order valence-electron chi connectivity index (χ2n) is 8.17. The number of rotatable bonds is 6. The van der Waals surface area contributed by atoms with Gasteiger partial charge in [0.1, 0.15) is 0 Å². The summed E-state index contributed by atoms with van der Waals surface area (Å²) in [7, 11) is 0. The maximum absolute atomic E-state index is 5.70. The van der Waals surface area contributed by atoms with E-state index >= 15 is 0 Å². The van der Waals surface area contributed by atoms with Crippen molar-refractivity contribution in [2.75, 3.05) is 6.61 Å². The van der Waals surface area contributed by atoms with Crippen molar-refractivity contribution in [3.63, 3.8) is 0 Å². The number of ether oxygens (including phenoxy) is 1. The summed E-state index contributed by atoms with van der Waals surface area (Å²) >= 11 is 0. The summed E-state index contributed by atoms with van der Waals surface area (Å²) in [5.74, 6) is 0. The Kier molecular flexibility index (Phi) is 5.72. The first-order chi connectivity index (χ1) is 7.37. The van der Waals surface area contributed by atoms with Crippen molar-refractivity contribution in [2.45, 2.75) is 81.3 Å². The Balaban J connectivity index is 4.45. The Hall–Kier alpha value is -0.0400. The highest BCUT2D eigenvalue weighted by molar-refractivity contribution is 4.89. The topological polar surface area (TPSA) is 9.23 Å². The average molecular weight is 242 g/mol. The highest BCUT2D eigenvalue weighted by atomic mass is 16.5. The van der Waals surface area contributed by atoms with Crippen LogP contribution < -0.4 is 0 Å². The van der Waals surface area contributed by atoms with Crippen LogP contribution in [0.1, 0.15) is 75.2 Å². The average Bonchev–Trinajstić information content (AvgIpc) is 1.97. The smallest absolute Gasteiger partial charge is 0.0518 e. The van der Waals surface area contributed by atoms with E-state index in [1.165, 1.54) is 6.42 Å². The fourth-order valence-corrected chi connectivity index (χ4v) is 2.45. The van der Waals surface area contributed by atoms with E-state index in [4.69, 9.17) is 4.74 Å². The Morgan fingerprint density at radius 3 is 1.65 bits per heavy atom. The third-order valence-corrected chi connectivity index (χ3v) is 3.98. The molecule has 0 rings (SSSR count). The zero-order valence-electron chi connectivity index (χ0n) is 13.6. The van der Waals surface area contributed by atoms with E-state index in [0.717, 1.165) is 13.0 Å². The molecule has 0 heterocycles. The minimum absolute atomic E-state index is 0.315. The SMILES string of the molecule is CC(C)OCCC(C)(C)C(C)(C)CC(C)(C)C. The Bertz CT molecular complexity index is 218. The van der Waals surface area contributed by atoms with E-state index in [1.54, 1.807) is 0 Å². The van der Waals surface area contributed by atoms with Gasteiger partial charge in [0, 0.05) is 6.61 Å². The van der Waals surface area contributed by atoms with Crippen LogP contribution in [0.2, 0.25) is 0 Å². The molecule has 1 heteroatoms. The molecule has 0 aromatic heterocycles. The molecule has 0 N–H and O–H groups in total. The van der Waals surface area contributed by atoms with Gasteiger partial charge in [0.15, 0.2) is 0 Å². The fraction of sp³-hybridized carbons (Fsp3) is 1.00. The monoisotopic (exact) mass is 242 g/mol. The van der Waals surface area contributed by atoms with Gasteiger partial charge in [-0.3, -0.25) is 0 Å². The summed E-state index contributed by atoms with van der Waals surface area (Å²) in [6.07, 6.45) is 2.72. The molecule has 0 fully saturated rings. The summed E-state index contributed by atoms with van der Waals surface area (Å²) in [6, 6.07) is 0. The van der Waals surface area contributed by atoms with E-state index in [0.29, 0.717) is 22.3 Å². The van der Waals surface area contributed by atoms with Crippen LogP contribution in [-0.2, 0) is 4.74 Å². The zero-order chi connectivity index (χ0) is 13.9. The minimum atomic E-state index is 0.315. The number of hydrogen-bond donors (Lipinski definition) is 0. The van der Waals surface area contributed by atoms with Gasteiger partial charge in [-0.1, -0.05) is 48.5 Å². The lowest BCUT2D eigenvalue weighted by Gasteiger charge is -2.45. The number of hydrogen-bond acceptors (Lipinski definition) is 1. The second kappa shape index (κ2) is 5.73. The van der Waals surface area contributed by atoms with E-state index < -0.39 is 0 Å². The Morgan fingerprint density at radius 1 is 0.824 bits per heavy atom. The Labute approximate surface area is 109 Å². The van der Waals surface area contributed by atoms with Gasteiger partial charge in [-0.2, -0.15) is 0 Å². The molecule has 1 nitrogen and oxygen atoms in total. The molecule has 0 unspecified atom stereocenters. The normalized spacial score (nSPS) is 14.5. The maximum Gasteiger partial charge on any atom is 0.0518 e. The van der Waals surface area contributed by atoms with E-state index in [1.807, 2.05) is 0 Å². The van der Waals surface area contributed by atoms with Crippen LogP contribution in [0, 0.1) is 16.2 Å². The van der Waals surface area contributed by atoms with Crippen LogP contribution in [0.3, 0.4) is 0 Å². The van der Waals surface area contributed by atoms with Gasteiger partial charge in [-0.15, -0.1) is 0 Å². The van der Waals surface area contributed by atoms with E-state index in [9.17, 15) is 0 Å². The van der Waals surface area contributed by atoms with Gasteiger partial charge in [0.25, 0.3) is 0 Å². The lowest BCUT2D eigenvalue weighted by molar-refractivity contribution is 0.00217. The highest BCUT2D eigenvalue weighted by Crippen LogP contribution is 2.48. The molecule has 0 amide bonds. The molecule has 0 aromatic rings. The molecular formula is C16H34O. The zero-order valence-corrected chi connectivity index (χ0v) is 13.6. The molecule has 0 aliphatic carbocycles. The first-order valence-corrected chi connectivity index (χ1v) is 6.99. The van der Waals surface area contributed by atoms with Crippen molar-refractivity contribution < 1.29 is 4.74 Å². The van der Waals surface area contributed by atoms with Crippen molar-refractivity contribution in [2.24, 2.45) is 16.2 Å². The van der Waals surface area contributed by atoms with Crippen molar-refractivity contribution >= 4 is 0 Å². The van der Waals surface area contributed by atoms with Crippen molar-refractivity contribution in [3.8, 4) is 0 Å². The van der Waals surface area contributed by atoms with Gasteiger partial charge >= 0.3 is 0 Å². The molecule has 0 bridgehead atoms. The summed E-state index contributed by atoms with van der Waals surface area (Å²) < 4.78 is 5.70.